The lowest BCUT2D eigenvalue weighted by Crippen LogP contribution is -2.47. The largest absolute Gasteiger partial charge is 0.500 e. The van der Waals surface area contributed by atoms with Crippen molar-refractivity contribution >= 4 is 23.4 Å². The molecule has 0 bridgehead atoms. The SMILES string of the molecule is CC(C)(C)OC(=O)N[C@H](CC(c1ccccc1)(c1ccccc1)c1ccccc1)C(O)=S. The summed E-state index contributed by atoms with van der Waals surface area (Å²) in [4.78, 5) is 12.6. The Balaban J connectivity index is 2.15. The van der Waals surface area contributed by atoms with Crippen molar-refractivity contribution in [3.8, 4) is 0 Å². The van der Waals surface area contributed by atoms with Gasteiger partial charge in [0.1, 0.15) is 11.6 Å². The second-order valence-electron chi connectivity index (χ2n) is 8.74. The van der Waals surface area contributed by atoms with Gasteiger partial charge in [0.15, 0.2) is 5.05 Å². The fourth-order valence-corrected chi connectivity index (χ4v) is 4.12. The van der Waals surface area contributed by atoms with Crippen molar-refractivity contribution in [3.05, 3.63) is 108 Å². The second-order valence-corrected chi connectivity index (χ2v) is 9.16. The highest BCUT2D eigenvalue weighted by atomic mass is 32.1. The van der Waals surface area contributed by atoms with E-state index in [0.29, 0.717) is 6.42 Å². The Morgan fingerprint density at radius 1 is 0.844 bits per heavy atom. The zero-order valence-corrected chi connectivity index (χ0v) is 19.4. The third-order valence-corrected chi connectivity index (χ3v) is 5.58. The van der Waals surface area contributed by atoms with Crippen molar-refractivity contribution in [2.75, 3.05) is 0 Å². The molecule has 0 spiro atoms. The summed E-state index contributed by atoms with van der Waals surface area (Å²) in [5.74, 6) is 0. The van der Waals surface area contributed by atoms with Crippen molar-refractivity contribution in [1.82, 2.24) is 5.32 Å². The minimum Gasteiger partial charge on any atom is -0.500 e. The van der Waals surface area contributed by atoms with Crippen LogP contribution in [-0.2, 0) is 10.2 Å². The molecule has 0 saturated carbocycles. The van der Waals surface area contributed by atoms with Gasteiger partial charge in [-0.05, 0) is 56.1 Å². The average Bonchev–Trinajstić information content (AvgIpc) is 2.77. The molecule has 3 rings (SSSR count). The number of amides is 1. The quantitative estimate of drug-likeness (QED) is 0.335. The van der Waals surface area contributed by atoms with Crippen molar-refractivity contribution in [3.63, 3.8) is 0 Å². The molecule has 166 valence electrons. The fraction of sp³-hybridized carbons (Fsp3) is 0.259. The Hall–Kier alpha value is -3.18. The molecule has 0 saturated heterocycles. The number of hydrogen-bond acceptors (Lipinski definition) is 3. The van der Waals surface area contributed by atoms with E-state index >= 15 is 0 Å². The molecule has 2 N–H and O–H groups in total. The standard InChI is InChI=1S/C27H29NO3S/c1-26(2,3)31-25(30)28-23(24(29)32)19-27(20-13-7-4-8-14-20,21-15-9-5-10-16-21)22-17-11-6-12-18-22/h4-18,23H,19H2,1-3H3,(H,28,30)(H,29,32)/t23-/m1/s1. The second kappa shape index (κ2) is 9.96. The summed E-state index contributed by atoms with van der Waals surface area (Å²) in [5, 5.41) is 12.9. The van der Waals surface area contributed by atoms with E-state index < -0.39 is 23.2 Å². The van der Waals surface area contributed by atoms with Crippen LogP contribution < -0.4 is 5.32 Å². The topological polar surface area (TPSA) is 58.6 Å². The predicted octanol–water partition coefficient (Wildman–Crippen LogP) is 6.19. The molecule has 0 heterocycles. The monoisotopic (exact) mass is 447 g/mol. The van der Waals surface area contributed by atoms with E-state index in [1.807, 2.05) is 54.6 Å². The molecule has 0 aromatic heterocycles. The normalized spacial score (nSPS) is 12.6. The zero-order valence-electron chi connectivity index (χ0n) is 18.6. The van der Waals surface area contributed by atoms with E-state index in [0.717, 1.165) is 16.7 Å². The van der Waals surface area contributed by atoms with Gasteiger partial charge in [-0.1, -0.05) is 91.0 Å². The summed E-state index contributed by atoms with van der Waals surface area (Å²) >= 11 is 5.18. The summed E-state index contributed by atoms with van der Waals surface area (Å²) in [7, 11) is 0. The van der Waals surface area contributed by atoms with E-state index in [1.54, 1.807) is 20.8 Å². The first-order chi connectivity index (χ1) is 15.2. The van der Waals surface area contributed by atoms with Crippen LogP contribution in [0.4, 0.5) is 4.79 Å². The van der Waals surface area contributed by atoms with Gasteiger partial charge in [0.2, 0.25) is 0 Å². The minimum absolute atomic E-state index is 0.289. The number of aliphatic hydroxyl groups excluding tert-OH is 1. The highest BCUT2D eigenvalue weighted by molar-refractivity contribution is 7.80. The van der Waals surface area contributed by atoms with Crippen molar-refractivity contribution in [1.29, 1.82) is 0 Å². The summed E-state index contributed by atoms with van der Waals surface area (Å²) in [6.07, 6.45) is -0.304. The molecule has 0 unspecified atom stereocenters. The van der Waals surface area contributed by atoms with Crippen LogP contribution in [0.5, 0.6) is 0 Å². The van der Waals surface area contributed by atoms with E-state index in [-0.39, 0.29) is 5.05 Å². The molecule has 1 amide bonds. The molecule has 0 aliphatic heterocycles. The van der Waals surface area contributed by atoms with E-state index in [2.05, 4.69) is 41.7 Å². The van der Waals surface area contributed by atoms with Crippen LogP contribution in [0.25, 0.3) is 0 Å². The number of nitrogens with one attached hydrogen (secondary N) is 1. The van der Waals surface area contributed by atoms with E-state index in [9.17, 15) is 9.90 Å². The van der Waals surface area contributed by atoms with Crippen LogP contribution >= 0.6 is 12.2 Å². The van der Waals surface area contributed by atoms with Gasteiger partial charge in [-0.15, -0.1) is 0 Å². The van der Waals surface area contributed by atoms with Gasteiger partial charge in [-0.3, -0.25) is 0 Å². The lowest BCUT2D eigenvalue weighted by atomic mass is 9.66. The minimum atomic E-state index is -0.805. The van der Waals surface area contributed by atoms with Crippen LogP contribution in [0.3, 0.4) is 0 Å². The summed E-state index contributed by atoms with van der Waals surface area (Å²) < 4.78 is 5.43. The lowest BCUT2D eigenvalue weighted by Gasteiger charge is -2.38. The maximum atomic E-state index is 12.6. The number of ether oxygens (including phenoxy) is 1. The molecule has 5 heteroatoms. The number of thiocarbonyl (C=S) groups is 1. The summed E-state index contributed by atoms with van der Waals surface area (Å²) in [5.41, 5.74) is 1.76. The highest BCUT2D eigenvalue weighted by Gasteiger charge is 2.40. The highest BCUT2D eigenvalue weighted by Crippen LogP contribution is 2.43. The molecule has 0 aliphatic carbocycles. The molecule has 0 aliphatic rings. The first kappa shape index (κ1) is 23.5. The van der Waals surface area contributed by atoms with Gasteiger partial charge >= 0.3 is 6.09 Å². The molecule has 32 heavy (non-hydrogen) atoms. The number of carbonyl (C=O) groups excluding carboxylic acids is 1. The summed E-state index contributed by atoms with van der Waals surface area (Å²) in [6, 6.07) is 29.4. The Morgan fingerprint density at radius 2 is 1.22 bits per heavy atom. The number of carbonyl (C=O) groups is 1. The van der Waals surface area contributed by atoms with Crippen molar-refractivity contribution in [2.45, 2.75) is 44.2 Å². The van der Waals surface area contributed by atoms with Gasteiger partial charge in [0, 0.05) is 5.41 Å². The van der Waals surface area contributed by atoms with Gasteiger partial charge in [0.05, 0.1) is 0 Å². The molecule has 1 atom stereocenters. The number of aliphatic hydroxyl groups is 1. The maximum absolute atomic E-state index is 12.6. The molecular formula is C27H29NO3S. The third-order valence-electron chi connectivity index (χ3n) is 5.30. The van der Waals surface area contributed by atoms with E-state index in [4.69, 9.17) is 17.0 Å². The molecule has 4 nitrogen and oxygen atoms in total. The smallest absolute Gasteiger partial charge is 0.408 e. The Kier molecular flexibility index (Phi) is 7.31. The van der Waals surface area contributed by atoms with Crippen LogP contribution in [0.2, 0.25) is 0 Å². The maximum Gasteiger partial charge on any atom is 0.408 e. The van der Waals surface area contributed by atoms with Gasteiger partial charge in [0.25, 0.3) is 0 Å². The van der Waals surface area contributed by atoms with Crippen molar-refractivity contribution in [2.24, 2.45) is 0 Å². The number of benzene rings is 3. The third kappa shape index (κ3) is 5.54. The van der Waals surface area contributed by atoms with Crippen LogP contribution in [0, 0.1) is 0 Å². The number of hydrogen-bond donors (Lipinski definition) is 2. The van der Waals surface area contributed by atoms with Gasteiger partial charge < -0.3 is 15.2 Å². The van der Waals surface area contributed by atoms with Crippen LogP contribution in [0.1, 0.15) is 43.9 Å². The number of rotatable bonds is 7. The number of alkyl carbamates (subject to hydrolysis) is 1. The Bertz CT molecular complexity index is 934. The summed E-state index contributed by atoms with van der Waals surface area (Å²) in [6.45, 7) is 5.38. The van der Waals surface area contributed by atoms with Crippen LogP contribution in [-0.4, -0.2) is 27.9 Å². The van der Waals surface area contributed by atoms with Gasteiger partial charge in [-0.25, -0.2) is 4.79 Å². The molecule has 0 radical (unpaired) electrons. The van der Waals surface area contributed by atoms with E-state index in [1.165, 1.54) is 0 Å². The first-order valence-electron chi connectivity index (χ1n) is 10.6. The van der Waals surface area contributed by atoms with Gasteiger partial charge in [-0.2, -0.15) is 0 Å². The fourth-order valence-electron chi connectivity index (χ4n) is 3.98. The molecule has 3 aromatic carbocycles. The predicted molar refractivity (Wildman–Crippen MR) is 132 cm³/mol. The Labute approximate surface area is 195 Å². The average molecular weight is 448 g/mol. The first-order valence-corrected chi connectivity index (χ1v) is 11.0. The molecule has 3 aromatic rings. The molecular weight excluding hydrogens is 418 g/mol. The molecule has 0 fully saturated rings. The van der Waals surface area contributed by atoms with Crippen molar-refractivity contribution < 1.29 is 14.6 Å². The Morgan fingerprint density at radius 3 is 1.53 bits per heavy atom. The zero-order chi connectivity index (χ0) is 23.2. The van der Waals surface area contributed by atoms with Crippen LogP contribution in [0.15, 0.2) is 91.0 Å². The lowest BCUT2D eigenvalue weighted by molar-refractivity contribution is 0.0511.